The highest BCUT2D eigenvalue weighted by atomic mass is 16.4. The molecule has 0 saturated carbocycles. The molecule has 10 heteroatoms. The number of carbonyl (C=O) groups excluding carboxylic acids is 2. The number of H-pyrrole nitrogens is 1. The van der Waals surface area contributed by atoms with Crippen LogP contribution in [0.3, 0.4) is 0 Å². The number of nitrogens with one attached hydrogen (secondary N) is 2. The molecule has 0 bridgehead atoms. The predicted octanol–water partition coefficient (Wildman–Crippen LogP) is 0.709. The van der Waals surface area contributed by atoms with E-state index in [9.17, 15) is 19.5 Å². The zero-order chi connectivity index (χ0) is 22.8. The Kier molecular flexibility index (Phi) is 5.61. The van der Waals surface area contributed by atoms with E-state index in [0.29, 0.717) is 22.4 Å². The summed E-state index contributed by atoms with van der Waals surface area (Å²) in [7, 11) is 1.65. The number of amides is 2. The van der Waals surface area contributed by atoms with E-state index < -0.39 is 29.7 Å². The van der Waals surface area contributed by atoms with Crippen LogP contribution in [-0.2, 0) is 18.3 Å². The van der Waals surface area contributed by atoms with Crippen molar-refractivity contribution in [2.24, 2.45) is 12.8 Å². The van der Waals surface area contributed by atoms with E-state index in [0.717, 1.165) is 5.56 Å². The summed E-state index contributed by atoms with van der Waals surface area (Å²) in [5, 5.41) is 17.4. The molecule has 2 atom stereocenters. The molecular formula is C22H21N5O5. The van der Waals surface area contributed by atoms with Crippen molar-refractivity contribution in [3.8, 4) is 11.3 Å². The first-order valence-electron chi connectivity index (χ1n) is 9.81. The van der Waals surface area contributed by atoms with Crippen molar-refractivity contribution in [1.82, 2.24) is 20.1 Å². The Morgan fingerprint density at radius 3 is 2.69 bits per heavy atom. The number of carbonyl (C=O) groups is 2. The largest absolute Gasteiger partial charge is 0.417 e. The number of nitrogens with zero attached hydrogens (tertiary/aromatic N) is 2. The van der Waals surface area contributed by atoms with Crippen LogP contribution in [0.2, 0.25) is 0 Å². The number of hydrogen-bond donors (Lipinski definition) is 4. The summed E-state index contributed by atoms with van der Waals surface area (Å²) in [6, 6.07) is 13.2. The van der Waals surface area contributed by atoms with Crippen molar-refractivity contribution >= 4 is 22.9 Å². The lowest BCUT2D eigenvalue weighted by molar-refractivity contribution is -0.127. The van der Waals surface area contributed by atoms with Gasteiger partial charge in [-0.1, -0.05) is 42.5 Å². The van der Waals surface area contributed by atoms with Crippen molar-refractivity contribution in [1.29, 1.82) is 0 Å². The van der Waals surface area contributed by atoms with E-state index in [2.05, 4.69) is 15.4 Å². The molecule has 0 aliphatic heterocycles. The number of aliphatic hydroxyl groups is 1. The van der Waals surface area contributed by atoms with E-state index in [1.54, 1.807) is 25.2 Å². The van der Waals surface area contributed by atoms with Crippen LogP contribution in [0.1, 0.15) is 15.9 Å². The van der Waals surface area contributed by atoms with Crippen molar-refractivity contribution in [3.63, 3.8) is 0 Å². The number of rotatable bonds is 7. The normalized spacial score (nSPS) is 13.1. The summed E-state index contributed by atoms with van der Waals surface area (Å²) in [6.45, 7) is 0. The average molecular weight is 435 g/mol. The molecule has 5 N–H and O–H groups in total. The molecule has 2 heterocycles. The van der Waals surface area contributed by atoms with Crippen LogP contribution in [0.4, 0.5) is 0 Å². The molecule has 0 saturated heterocycles. The van der Waals surface area contributed by atoms with Gasteiger partial charge in [-0.2, -0.15) is 5.10 Å². The number of aryl methyl sites for hydroxylation is 1. The Morgan fingerprint density at radius 2 is 1.97 bits per heavy atom. The summed E-state index contributed by atoms with van der Waals surface area (Å²) >= 11 is 0. The number of benzene rings is 2. The number of aromatic amines is 1. The first kappa shape index (κ1) is 21.1. The summed E-state index contributed by atoms with van der Waals surface area (Å²) < 4.78 is 6.55. The van der Waals surface area contributed by atoms with Crippen molar-refractivity contribution in [2.45, 2.75) is 18.6 Å². The third-order valence-corrected chi connectivity index (χ3v) is 5.07. The number of fused-ring (bicyclic) bond motifs is 1. The Bertz CT molecular complexity index is 1340. The summed E-state index contributed by atoms with van der Waals surface area (Å²) in [6.07, 6.45) is 0.113. The van der Waals surface area contributed by atoms with Crippen LogP contribution < -0.4 is 16.8 Å². The van der Waals surface area contributed by atoms with Gasteiger partial charge in [0, 0.05) is 18.8 Å². The quantitative estimate of drug-likeness (QED) is 0.335. The van der Waals surface area contributed by atoms with Crippen LogP contribution in [0, 0.1) is 0 Å². The van der Waals surface area contributed by atoms with Crippen molar-refractivity contribution in [2.75, 3.05) is 0 Å². The number of para-hydroxylation sites is 1. The second-order valence-corrected chi connectivity index (χ2v) is 7.38. The second-order valence-electron chi connectivity index (χ2n) is 7.38. The zero-order valence-electron chi connectivity index (χ0n) is 17.1. The minimum atomic E-state index is -1.59. The Hall–Kier alpha value is -4.18. The summed E-state index contributed by atoms with van der Waals surface area (Å²) in [5.41, 5.74) is 7.83. The SMILES string of the molecule is Cn1cc(C(=O)NC(Cc2ccccc2)C(O)C(N)=O)c(-c2cccc3oc(=O)[nH]c23)n1. The van der Waals surface area contributed by atoms with Crippen LogP contribution in [0.25, 0.3) is 22.4 Å². The van der Waals surface area contributed by atoms with Crippen LogP contribution in [0.15, 0.2) is 63.9 Å². The highest BCUT2D eigenvalue weighted by Crippen LogP contribution is 2.28. The smallest absolute Gasteiger partial charge is 0.408 e. The van der Waals surface area contributed by atoms with Gasteiger partial charge in [0.25, 0.3) is 5.91 Å². The fraction of sp³-hybridized carbons (Fsp3) is 0.182. The summed E-state index contributed by atoms with van der Waals surface area (Å²) in [4.78, 5) is 39.1. The third kappa shape index (κ3) is 4.16. The van der Waals surface area contributed by atoms with E-state index >= 15 is 0 Å². The maximum atomic E-state index is 13.2. The standard InChI is InChI=1S/C22H21N5O5/c1-27-11-14(17(26-27)13-8-5-9-16-18(13)25-22(31)32-16)21(30)24-15(19(28)20(23)29)10-12-6-3-2-4-7-12/h2-9,11,15,19,28H,10H2,1H3,(H2,23,29)(H,24,30)(H,25,31). The molecule has 2 amide bonds. The number of hydrogen-bond acceptors (Lipinski definition) is 6. The lowest BCUT2D eigenvalue weighted by Crippen LogP contribution is -2.50. The minimum Gasteiger partial charge on any atom is -0.408 e. The van der Waals surface area contributed by atoms with Gasteiger partial charge in [-0.3, -0.25) is 19.3 Å². The maximum absolute atomic E-state index is 13.2. The molecule has 2 unspecified atom stereocenters. The van der Waals surface area contributed by atoms with Gasteiger partial charge < -0.3 is 20.6 Å². The third-order valence-electron chi connectivity index (χ3n) is 5.07. The van der Waals surface area contributed by atoms with Gasteiger partial charge in [-0.25, -0.2) is 4.79 Å². The Morgan fingerprint density at radius 1 is 1.22 bits per heavy atom. The molecule has 4 aromatic rings. The number of primary amides is 1. The van der Waals surface area contributed by atoms with E-state index in [4.69, 9.17) is 10.2 Å². The molecule has 0 fully saturated rings. The van der Waals surface area contributed by atoms with Crippen molar-refractivity contribution in [3.05, 3.63) is 76.4 Å². The van der Waals surface area contributed by atoms with Gasteiger partial charge >= 0.3 is 5.76 Å². The highest BCUT2D eigenvalue weighted by molar-refractivity contribution is 6.03. The van der Waals surface area contributed by atoms with E-state index in [1.807, 2.05) is 30.3 Å². The van der Waals surface area contributed by atoms with Gasteiger partial charge in [-0.15, -0.1) is 0 Å². The molecule has 10 nitrogen and oxygen atoms in total. The lowest BCUT2D eigenvalue weighted by atomic mass is 9.99. The molecule has 4 rings (SSSR count). The molecule has 0 aliphatic carbocycles. The fourth-order valence-corrected chi connectivity index (χ4v) is 3.58. The Labute approximate surface area is 181 Å². The molecule has 2 aromatic heterocycles. The topological polar surface area (TPSA) is 156 Å². The number of oxazole rings is 1. The fourth-order valence-electron chi connectivity index (χ4n) is 3.58. The van der Waals surface area contributed by atoms with E-state index in [1.165, 1.54) is 10.9 Å². The lowest BCUT2D eigenvalue weighted by Gasteiger charge is -2.22. The average Bonchev–Trinajstić information content (AvgIpc) is 3.34. The molecule has 2 aromatic carbocycles. The van der Waals surface area contributed by atoms with Gasteiger partial charge in [0.05, 0.1) is 17.1 Å². The first-order valence-corrected chi connectivity index (χ1v) is 9.81. The van der Waals surface area contributed by atoms with Crippen LogP contribution >= 0.6 is 0 Å². The molecule has 164 valence electrons. The number of aliphatic hydroxyl groups excluding tert-OH is 1. The van der Waals surface area contributed by atoms with Gasteiger partial charge in [-0.05, 0) is 18.1 Å². The zero-order valence-corrected chi connectivity index (χ0v) is 17.1. The Balaban J connectivity index is 1.69. The minimum absolute atomic E-state index is 0.191. The van der Waals surface area contributed by atoms with Gasteiger partial charge in [0.2, 0.25) is 5.91 Å². The molecule has 32 heavy (non-hydrogen) atoms. The first-order chi connectivity index (χ1) is 15.3. The molecule has 0 spiro atoms. The molecule has 0 radical (unpaired) electrons. The van der Waals surface area contributed by atoms with Crippen molar-refractivity contribution < 1.29 is 19.1 Å². The number of aromatic nitrogens is 3. The van der Waals surface area contributed by atoms with Gasteiger partial charge in [0.15, 0.2) is 11.7 Å². The summed E-state index contributed by atoms with van der Waals surface area (Å²) in [5.74, 6) is -2.13. The highest BCUT2D eigenvalue weighted by Gasteiger charge is 2.28. The second kappa shape index (κ2) is 8.52. The monoisotopic (exact) mass is 435 g/mol. The maximum Gasteiger partial charge on any atom is 0.417 e. The van der Waals surface area contributed by atoms with Crippen LogP contribution in [-0.4, -0.2) is 43.8 Å². The molecule has 0 aliphatic rings. The van der Waals surface area contributed by atoms with Crippen LogP contribution in [0.5, 0.6) is 0 Å². The molecular weight excluding hydrogens is 414 g/mol. The predicted molar refractivity (Wildman–Crippen MR) is 116 cm³/mol. The van der Waals surface area contributed by atoms with E-state index in [-0.39, 0.29) is 12.0 Å². The van der Waals surface area contributed by atoms with Gasteiger partial charge in [0.1, 0.15) is 5.69 Å². The number of nitrogens with two attached hydrogens (primary N) is 1.